The Hall–Kier alpha value is -1.33. The normalized spacial score (nSPS) is 31.2. The summed E-state index contributed by atoms with van der Waals surface area (Å²) in [5.74, 6) is 4.04. The Bertz CT molecular complexity index is 801. The van der Waals surface area contributed by atoms with Crippen LogP contribution >= 0.6 is 23.1 Å². The molecule has 0 spiro atoms. The lowest BCUT2D eigenvalue weighted by Gasteiger charge is -2.54. The first-order chi connectivity index (χ1) is 13.1. The van der Waals surface area contributed by atoms with Crippen molar-refractivity contribution in [1.82, 2.24) is 10.3 Å². The number of amides is 1. The SMILES string of the molecule is Cc1ccc(-c2csc(SCC(=O)NC3C4CC5CC(C4)CC3C5)n2)cc1. The second kappa shape index (κ2) is 7.25. The average molecular weight is 399 g/mol. The second-order valence-corrected chi connectivity index (χ2v) is 10.8. The highest BCUT2D eigenvalue weighted by Gasteiger charge is 2.48. The van der Waals surface area contributed by atoms with Gasteiger partial charge in [-0.15, -0.1) is 11.3 Å². The zero-order valence-electron chi connectivity index (χ0n) is 15.7. The Labute approximate surface area is 169 Å². The summed E-state index contributed by atoms with van der Waals surface area (Å²) in [5, 5.41) is 5.48. The lowest BCUT2D eigenvalue weighted by atomic mass is 9.54. The molecular formula is C22H26N2OS2. The van der Waals surface area contributed by atoms with Crippen LogP contribution in [0.2, 0.25) is 0 Å². The van der Waals surface area contributed by atoms with Crippen LogP contribution in [0, 0.1) is 30.6 Å². The fraction of sp³-hybridized carbons (Fsp3) is 0.545. The van der Waals surface area contributed by atoms with Gasteiger partial charge in [-0.25, -0.2) is 4.98 Å². The fourth-order valence-corrected chi connectivity index (χ4v) is 7.34. The number of rotatable bonds is 5. The molecular weight excluding hydrogens is 372 g/mol. The summed E-state index contributed by atoms with van der Waals surface area (Å²) < 4.78 is 0.978. The molecule has 0 atom stereocenters. The van der Waals surface area contributed by atoms with E-state index in [-0.39, 0.29) is 5.91 Å². The third kappa shape index (κ3) is 3.68. The van der Waals surface area contributed by atoms with Crippen molar-refractivity contribution in [3.8, 4) is 11.3 Å². The van der Waals surface area contributed by atoms with Gasteiger partial charge in [-0.2, -0.15) is 0 Å². The van der Waals surface area contributed by atoms with E-state index < -0.39 is 0 Å². The summed E-state index contributed by atoms with van der Waals surface area (Å²) in [4.78, 5) is 17.3. The predicted molar refractivity (Wildman–Crippen MR) is 112 cm³/mol. The van der Waals surface area contributed by atoms with Gasteiger partial charge in [0, 0.05) is 17.0 Å². The van der Waals surface area contributed by atoms with Crippen LogP contribution in [-0.4, -0.2) is 22.7 Å². The first-order valence-corrected chi connectivity index (χ1v) is 12.0. The number of aryl methyl sites for hydroxylation is 1. The van der Waals surface area contributed by atoms with E-state index in [1.54, 1.807) is 23.1 Å². The standard InChI is InChI=1S/C22H26N2OS2/c1-13-2-4-16(5-3-13)19-11-26-22(23-19)27-12-20(25)24-21-17-7-14-6-15(9-17)10-18(21)8-14/h2-5,11,14-15,17-18,21H,6-10,12H2,1H3,(H,24,25). The van der Waals surface area contributed by atoms with Crippen molar-refractivity contribution in [1.29, 1.82) is 0 Å². The number of carbonyl (C=O) groups excluding carboxylic acids is 1. The average Bonchev–Trinajstić information content (AvgIpc) is 3.12. The van der Waals surface area contributed by atoms with Gasteiger partial charge in [0.2, 0.25) is 5.91 Å². The van der Waals surface area contributed by atoms with E-state index in [4.69, 9.17) is 4.98 Å². The van der Waals surface area contributed by atoms with Gasteiger partial charge in [-0.3, -0.25) is 4.79 Å². The number of benzene rings is 1. The maximum atomic E-state index is 12.6. The molecule has 2 aromatic rings. The van der Waals surface area contributed by atoms with Crippen molar-refractivity contribution < 1.29 is 4.79 Å². The fourth-order valence-electron chi connectivity index (χ4n) is 5.70. The Balaban J connectivity index is 1.16. The van der Waals surface area contributed by atoms with Crippen molar-refractivity contribution in [2.75, 3.05) is 5.75 Å². The lowest BCUT2D eigenvalue weighted by molar-refractivity contribution is -0.122. The molecule has 1 heterocycles. The molecule has 142 valence electrons. The molecule has 0 radical (unpaired) electrons. The number of nitrogens with one attached hydrogen (secondary N) is 1. The lowest BCUT2D eigenvalue weighted by Crippen LogP contribution is -2.56. The van der Waals surface area contributed by atoms with Crippen LogP contribution in [0.4, 0.5) is 0 Å². The Morgan fingerprint density at radius 2 is 1.78 bits per heavy atom. The van der Waals surface area contributed by atoms with Crippen LogP contribution in [0.5, 0.6) is 0 Å². The maximum Gasteiger partial charge on any atom is 0.230 e. The summed E-state index contributed by atoms with van der Waals surface area (Å²) in [6, 6.07) is 8.88. The van der Waals surface area contributed by atoms with Crippen LogP contribution in [0.15, 0.2) is 34.0 Å². The third-order valence-electron chi connectivity index (χ3n) is 6.71. The summed E-state index contributed by atoms with van der Waals surface area (Å²) in [7, 11) is 0. The molecule has 4 aliphatic rings. The molecule has 4 aliphatic carbocycles. The van der Waals surface area contributed by atoms with Crippen LogP contribution in [-0.2, 0) is 4.79 Å². The number of nitrogens with zero attached hydrogens (tertiary/aromatic N) is 1. The first kappa shape index (κ1) is 17.7. The van der Waals surface area contributed by atoms with Crippen molar-refractivity contribution in [2.24, 2.45) is 23.7 Å². The van der Waals surface area contributed by atoms with Gasteiger partial charge in [0.05, 0.1) is 11.4 Å². The van der Waals surface area contributed by atoms with Gasteiger partial charge < -0.3 is 5.32 Å². The second-order valence-electron chi connectivity index (χ2n) is 8.68. The van der Waals surface area contributed by atoms with E-state index in [2.05, 4.69) is 41.9 Å². The smallest absolute Gasteiger partial charge is 0.230 e. The summed E-state index contributed by atoms with van der Waals surface area (Å²) >= 11 is 3.20. The summed E-state index contributed by atoms with van der Waals surface area (Å²) in [5.41, 5.74) is 3.40. The zero-order chi connectivity index (χ0) is 18.4. The molecule has 6 rings (SSSR count). The Morgan fingerprint density at radius 3 is 2.44 bits per heavy atom. The maximum absolute atomic E-state index is 12.6. The number of hydrogen-bond acceptors (Lipinski definition) is 4. The van der Waals surface area contributed by atoms with Gasteiger partial charge in [0.15, 0.2) is 4.34 Å². The van der Waals surface area contributed by atoms with Gasteiger partial charge in [-0.1, -0.05) is 41.6 Å². The molecule has 0 saturated heterocycles. The molecule has 1 aromatic carbocycles. The van der Waals surface area contributed by atoms with E-state index in [9.17, 15) is 4.79 Å². The van der Waals surface area contributed by atoms with Gasteiger partial charge in [-0.05, 0) is 62.7 Å². The van der Waals surface area contributed by atoms with Crippen molar-refractivity contribution in [3.05, 3.63) is 35.2 Å². The molecule has 1 aromatic heterocycles. The third-order valence-corrected chi connectivity index (χ3v) is 8.73. The van der Waals surface area contributed by atoms with Crippen LogP contribution in [0.25, 0.3) is 11.3 Å². The molecule has 27 heavy (non-hydrogen) atoms. The molecule has 0 unspecified atom stereocenters. The minimum Gasteiger partial charge on any atom is -0.352 e. The number of carbonyl (C=O) groups is 1. The Morgan fingerprint density at radius 1 is 1.11 bits per heavy atom. The summed E-state index contributed by atoms with van der Waals surface area (Å²) in [6.07, 6.45) is 6.83. The minimum absolute atomic E-state index is 0.185. The van der Waals surface area contributed by atoms with Crippen molar-refractivity contribution in [2.45, 2.75) is 49.4 Å². The molecule has 4 fully saturated rings. The van der Waals surface area contributed by atoms with Crippen LogP contribution < -0.4 is 5.32 Å². The molecule has 5 heteroatoms. The number of aromatic nitrogens is 1. The van der Waals surface area contributed by atoms with Crippen molar-refractivity contribution in [3.63, 3.8) is 0 Å². The highest BCUT2D eigenvalue weighted by Crippen LogP contribution is 2.53. The summed E-state index contributed by atoms with van der Waals surface area (Å²) in [6.45, 7) is 2.09. The van der Waals surface area contributed by atoms with Gasteiger partial charge in [0.25, 0.3) is 0 Å². The minimum atomic E-state index is 0.185. The highest BCUT2D eigenvalue weighted by atomic mass is 32.2. The Kier molecular flexibility index (Phi) is 4.76. The molecule has 1 amide bonds. The predicted octanol–water partition coefficient (Wildman–Crippen LogP) is 5.15. The number of thiazole rings is 1. The van der Waals surface area contributed by atoms with Crippen LogP contribution in [0.1, 0.15) is 37.7 Å². The highest BCUT2D eigenvalue weighted by molar-refractivity contribution is 8.01. The van der Waals surface area contributed by atoms with Gasteiger partial charge >= 0.3 is 0 Å². The monoisotopic (exact) mass is 398 g/mol. The van der Waals surface area contributed by atoms with E-state index >= 15 is 0 Å². The molecule has 0 aliphatic heterocycles. The molecule has 4 saturated carbocycles. The van der Waals surface area contributed by atoms with Crippen LogP contribution in [0.3, 0.4) is 0 Å². The quantitative estimate of drug-likeness (QED) is 0.708. The number of thioether (sulfide) groups is 1. The van der Waals surface area contributed by atoms with E-state index in [0.717, 1.165) is 39.3 Å². The molecule has 1 N–H and O–H groups in total. The van der Waals surface area contributed by atoms with E-state index in [0.29, 0.717) is 11.8 Å². The van der Waals surface area contributed by atoms with Crippen molar-refractivity contribution >= 4 is 29.0 Å². The largest absolute Gasteiger partial charge is 0.352 e. The topological polar surface area (TPSA) is 42.0 Å². The first-order valence-electron chi connectivity index (χ1n) is 10.1. The van der Waals surface area contributed by atoms with Gasteiger partial charge in [0.1, 0.15) is 0 Å². The number of hydrogen-bond donors (Lipinski definition) is 1. The zero-order valence-corrected chi connectivity index (χ0v) is 17.3. The van der Waals surface area contributed by atoms with E-state index in [1.807, 2.05) is 0 Å². The molecule has 3 nitrogen and oxygen atoms in total. The molecule has 4 bridgehead atoms. The van der Waals surface area contributed by atoms with E-state index in [1.165, 1.54) is 37.7 Å².